The Bertz CT molecular complexity index is 788. The van der Waals surface area contributed by atoms with Gasteiger partial charge in [-0.3, -0.25) is 4.79 Å². The molecular formula is C18H22N3O3+. The molecule has 126 valence electrons. The van der Waals surface area contributed by atoms with Crippen molar-refractivity contribution in [2.45, 2.75) is 20.4 Å². The van der Waals surface area contributed by atoms with Crippen molar-refractivity contribution in [2.75, 3.05) is 26.2 Å². The zero-order valence-electron chi connectivity index (χ0n) is 14.0. The SMILES string of the molecule is CCOC(=O)c1c(C[NH+]2CCNC(=O)C2)nc2ccccc2c1C. The van der Waals surface area contributed by atoms with Crippen molar-refractivity contribution in [1.82, 2.24) is 10.3 Å². The molecule has 1 aromatic carbocycles. The molecule has 1 amide bonds. The number of ether oxygens (including phenoxy) is 1. The molecule has 0 aliphatic carbocycles. The second-order valence-electron chi connectivity index (χ2n) is 6.00. The lowest BCUT2D eigenvalue weighted by molar-refractivity contribution is -0.907. The van der Waals surface area contributed by atoms with Gasteiger partial charge in [-0.25, -0.2) is 9.78 Å². The van der Waals surface area contributed by atoms with E-state index in [0.29, 0.717) is 37.5 Å². The van der Waals surface area contributed by atoms with E-state index in [1.165, 1.54) is 0 Å². The lowest BCUT2D eigenvalue weighted by Gasteiger charge is -2.24. The van der Waals surface area contributed by atoms with Crippen LogP contribution in [0.4, 0.5) is 0 Å². The summed E-state index contributed by atoms with van der Waals surface area (Å²) >= 11 is 0. The fraction of sp³-hybridized carbons (Fsp3) is 0.389. The molecule has 2 aromatic rings. The maximum absolute atomic E-state index is 12.5. The number of rotatable bonds is 4. The predicted molar refractivity (Wildman–Crippen MR) is 89.8 cm³/mol. The number of esters is 1. The summed E-state index contributed by atoms with van der Waals surface area (Å²) in [6.45, 7) is 6.45. The molecule has 24 heavy (non-hydrogen) atoms. The molecule has 1 aromatic heterocycles. The zero-order chi connectivity index (χ0) is 17.1. The van der Waals surface area contributed by atoms with Gasteiger partial charge in [0.25, 0.3) is 5.91 Å². The lowest BCUT2D eigenvalue weighted by Crippen LogP contribution is -3.14. The number of carbonyl (C=O) groups is 2. The number of nitrogens with zero attached hydrogens (tertiary/aromatic N) is 1. The summed E-state index contributed by atoms with van der Waals surface area (Å²) in [6, 6.07) is 7.78. The van der Waals surface area contributed by atoms with Crippen LogP contribution in [0.5, 0.6) is 0 Å². The third-order valence-corrected chi connectivity index (χ3v) is 4.34. The van der Waals surface area contributed by atoms with Crippen LogP contribution in [0.15, 0.2) is 24.3 Å². The van der Waals surface area contributed by atoms with Gasteiger partial charge in [0.15, 0.2) is 6.54 Å². The Balaban J connectivity index is 2.04. The molecule has 6 heteroatoms. The number of quaternary nitrogens is 1. The molecule has 1 aliphatic heterocycles. The number of benzene rings is 1. The average Bonchev–Trinajstić information content (AvgIpc) is 2.55. The van der Waals surface area contributed by atoms with E-state index < -0.39 is 0 Å². The molecule has 1 saturated heterocycles. The summed E-state index contributed by atoms with van der Waals surface area (Å²) in [4.78, 5) is 29.9. The Labute approximate surface area is 140 Å². The van der Waals surface area contributed by atoms with E-state index in [1.807, 2.05) is 31.2 Å². The van der Waals surface area contributed by atoms with E-state index in [-0.39, 0.29) is 11.9 Å². The summed E-state index contributed by atoms with van der Waals surface area (Å²) in [5.41, 5.74) is 2.98. The van der Waals surface area contributed by atoms with Crippen LogP contribution in [0, 0.1) is 6.92 Å². The molecule has 2 heterocycles. The van der Waals surface area contributed by atoms with Crippen molar-refractivity contribution in [3.05, 3.63) is 41.1 Å². The minimum Gasteiger partial charge on any atom is -0.462 e. The summed E-state index contributed by atoms with van der Waals surface area (Å²) in [6.07, 6.45) is 0. The number of aryl methyl sites for hydroxylation is 1. The first-order valence-electron chi connectivity index (χ1n) is 8.25. The molecule has 2 N–H and O–H groups in total. The van der Waals surface area contributed by atoms with Gasteiger partial charge < -0.3 is 15.0 Å². The molecule has 0 saturated carbocycles. The van der Waals surface area contributed by atoms with Crippen molar-refractivity contribution in [3.8, 4) is 0 Å². The van der Waals surface area contributed by atoms with E-state index in [4.69, 9.17) is 9.72 Å². The minimum atomic E-state index is -0.343. The van der Waals surface area contributed by atoms with Gasteiger partial charge in [-0.05, 0) is 25.5 Å². The number of hydrogen-bond acceptors (Lipinski definition) is 4. The fourth-order valence-electron chi connectivity index (χ4n) is 3.19. The van der Waals surface area contributed by atoms with Crippen LogP contribution in [0.3, 0.4) is 0 Å². The van der Waals surface area contributed by atoms with Gasteiger partial charge in [-0.2, -0.15) is 0 Å². The van der Waals surface area contributed by atoms with Crippen molar-refractivity contribution >= 4 is 22.8 Å². The highest BCUT2D eigenvalue weighted by Gasteiger charge is 2.26. The number of para-hydroxylation sites is 1. The summed E-state index contributed by atoms with van der Waals surface area (Å²) < 4.78 is 5.24. The first-order chi connectivity index (χ1) is 11.6. The van der Waals surface area contributed by atoms with Crippen LogP contribution in [0.25, 0.3) is 10.9 Å². The summed E-state index contributed by atoms with van der Waals surface area (Å²) in [5.74, 6) is -0.310. The van der Waals surface area contributed by atoms with E-state index in [2.05, 4.69) is 5.32 Å². The number of nitrogens with one attached hydrogen (secondary N) is 2. The molecule has 1 fully saturated rings. The molecule has 1 unspecified atom stereocenters. The highest BCUT2D eigenvalue weighted by atomic mass is 16.5. The van der Waals surface area contributed by atoms with Crippen molar-refractivity contribution in [1.29, 1.82) is 0 Å². The predicted octanol–water partition coefficient (Wildman–Crippen LogP) is 0.235. The number of fused-ring (bicyclic) bond motifs is 1. The van der Waals surface area contributed by atoms with Crippen LogP contribution < -0.4 is 10.2 Å². The topological polar surface area (TPSA) is 72.7 Å². The highest BCUT2D eigenvalue weighted by molar-refractivity contribution is 5.98. The van der Waals surface area contributed by atoms with Crippen LogP contribution >= 0.6 is 0 Å². The van der Waals surface area contributed by atoms with Crippen LogP contribution in [-0.2, 0) is 16.1 Å². The van der Waals surface area contributed by atoms with Crippen molar-refractivity contribution in [2.24, 2.45) is 0 Å². The number of hydrogen-bond donors (Lipinski definition) is 2. The van der Waals surface area contributed by atoms with E-state index in [1.54, 1.807) is 6.92 Å². The molecule has 0 radical (unpaired) electrons. The largest absolute Gasteiger partial charge is 0.462 e. The summed E-state index contributed by atoms with van der Waals surface area (Å²) in [5, 5.41) is 3.78. The van der Waals surface area contributed by atoms with Crippen LogP contribution in [0.1, 0.15) is 28.5 Å². The van der Waals surface area contributed by atoms with Gasteiger partial charge in [0, 0.05) is 5.39 Å². The maximum atomic E-state index is 12.5. The van der Waals surface area contributed by atoms with Crippen LogP contribution in [0.2, 0.25) is 0 Å². The van der Waals surface area contributed by atoms with Gasteiger partial charge >= 0.3 is 5.97 Å². The Kier molecular flexibility index (Phi) is 4.76. The van der Waals surface area contributed by atoms with Gasteiger partial charge in [-0.1, -0.05) is 18.2 Å². The van der Waals surface area contributed by atoms with Crippen LogP contribution in [-0.4, -0.2) is 43.1 Å². The molecule has 6 nitrogen and oxygen atoms in total. The molecule has 0 spiro atoms. The van der Waals surface area contributed by atoms with E-state index >= 15 is 0 Å². The lowest BCUT2D eigenvalue weighted by atomic mass is 10.0. The Morgan fingerprint density at radius 2 is 2.17 bits per heavy atom. The first-order valence-corrected chi connectivity index (χ1v) is 8.25. The molecule has 0 bridgehead atoms. The van der Waals surface area contributed by atoms with Gasteiger partial charge in [-0.15, -0.1) is 0 Å². The number of amides is 1. The second kappa shape index (κ2) is 6.97. The third-order valence-electron chi connectivity index (χ3n) is 4.34. The Hall–Kier alpha value is -2.47. The van der Waals surface area contributed by atoms with E-state index in [9.17, 15) is 9.59 Å². The first kappa shape index (κ1) is 16.4. The number of carbonyl (C=O) groups excluding carboxylic acids is 2. The number of pyridine rings is 1. The minimum absolute atomic E-state index is 0.0337. The quantitative estimate of drug-likeness (QED) is 0.789. The Morgan fingerprint density at radius 1 is 1.38 bits per heavy atom. The third kappa shape index (κ3) is 3.23. The smallest absolute Gasteiger partial charge is 0.340 e. The summed E-state index contributed by atoms with van der Waals surface area (Å²) in [7, 11) is 0. The van der Waals surface area contributed by atoms with Crippen molar-refractivity contribution < 1.29 is 19.2 Å². The zero-order valence-corrected chi connectivity index (χ0v) is 14.0. The van der Waals surface area contributed by atoms with Gasteiger partial charge in [0.2, 0.25) is 0 Å². The number of piperazine rings is 1. The normalized spacial score (nSPS) is 17.6. The van der Waals surface area contributed by atoms with E-state index in [0.717, 1.165) is 27.9 Å². The fourth-order valence-corrected chi connectivity index (χ4v) is 3.19. The van der Waals surface area contributed by atoms with Gasteiger partial charge in [0.1, 0.15) is 12.2 Å². The second-order valence-corrected chi connectivity index (χ2v) is 6.00. The monoisotopic (exact) mass is 328 g/mol. The molecule has 1 aliphatic rings. The Morgan fingerprint density at radius 3 is 2.92 bits per heavy atom. The maximum Gasteiger partial charge on any atom is 0.340 e. The van der Waals surface area contributed by atoms with Gasteiger partial charge in [0.05, 0.1) is 30.8 Å². The standard InChI is InChI=1S/C18H21N3O3/c1-3-24-18(23)17-12(2)13-6-4-5-7-14(13)20-15(17)10-21-9-8-19-16(22)11-21/h4-7H,3,8-11H2,1-2H3,(H,19,22)/p+1. The molecular weight excluding hydrogens is 306 g/mol. The molecule has 1 atom stereocenters. The highest BCUT2D eigenvalue weighted by Crippen LogP contribution is 2.23. The average molecular weight is 328 g/mol. The van der Waals surface area contributed by atoms with Crippen molar-refractivity contribution in [3.63, 3.8) is 0 Å². The molecule has 3 rings (SSSR count). The number of aromatic nitrogens is 1.